The van der Waals surface area contributed by atoms with Crippen molar-refractivity contribution in [3.05, 3.63) is 48.2 Å². The number of anilines is 1. The van der Waals surface area contributed by atoms with E-state index in [-0.39, 0.29) is 11.4 Å². The van der Waals surface area contributed by atoms with E-state index in [4.69, 9.17) is 19.9 Å². The van der Waals surface area contributed by atoms with Gasteiger partial charge in [-0.3, -0.25) is 4.98 Å². The first-order chi connectivity index (χ1) is 11.8. The summed E-state index contributed by atoms with van der Waals surface area (Å²) in [6.07, 6.45) is 1.48. The van der Waals surface area contributed by atoms with Gasteiger partial charge in [0.2, 0.25) is 5.79 Å². The molecule has 3 aromatic rings. The quantitative estimate of drug-likeness (QED) is 0.698. The van der Waals surface area contributed by atoms with Gasteiger partial charge in [-0.2, -0.15) is 0 Å². The summed E-state index contributed by atoms with van der Waals surface area (Å²) < 4.78 is 45.2. The number of hydrogen-bond acceptors (Lipinski definition) is 5. The van der Waals surface area contributed by atoms with Crippen molar-refractivity contribution >= 4 is 16.6 Å². The van der Waals surface area contributed by atoms with Gasteiger partial charge in [0.1, 0.15) is 5.75 Å². The van der Waals surface area contributed by atoms with Gasteiger partial charge in [0.15, 0.2) is 28.9 Å². The summed E-state index contributed by atoms with van der Waals surface area (Å²) in [6, 6.07) is 6.95. The minimum atomic E-state index is -0.896. The summed E-state index contributed by atoms with van der Waals surface area (Å²) in [7, 11) is 0. The van der Waals surface area contributed by atoms with E-state index in [2.05, 4.69) is 4.98 Å². The molecule has 2 N–H and O–H groups in total. The number of pyridine rings is 1. The first kappa shape index (κ1) is 15.4. The van der Waals surface area contributed by atoms with Crippen LogP contribution in [0.1, 0.15) is 13.8 Å². The van der Waals surface area contributed by atoms with Crippen molar-refractivity contribution in [2.75, 3.05) is 5.73 Å². The van der Waals surface area contributed by atoms with Crippen LogP contribution in [0.5, 0.6) is 23.0 Å². The van der Waals surface area contributed by atoms with Crippen molar-refractivity contribution in [3.8, 4) is 23.0 Å². The van der Waals surface area contributed by atoms with Gasteiger partial charge in [-0.1, -0.05) is 0 Å². The molecular weight excluding hydrogens is 330 g/mol. The molecule has 128 valence electrons. The van der Waals surface area contributed by atoms with Crippen molar-refractivity contribution < 1.29 is 23.0 Å². The molecule has 0 bridgehead atoms. The number of hydrogen-bond donors (Lipinski definition) is 1. The first-order valence-electron chi connectivity index (χ1n) is 7.56. The van der Waals surface area contributed by atoms with Gasteiger partial charge in [0, 0.05) is 37.9 Å². The van der Waals surface area contributed by atoms with Crippen molar-refractivity contribution in [2.24, 2.45) is 0 Å². The van der Waals surface area contributed by atoms with Gasteiger partial charge >= 0.3 is 0 Å². The van der Waals surface area contributed by atoms with E-state index < -0.39 is 23.2 Å². The molecular formula is C18H14F2N2O3. The highest BCUT2D eigenvalue weighted by Gasteiger charge is 2.34. The highest BCUT2D eigenvalue weighted by Crippen LogP contribution is 2.47. The smallest absolute Gasteiger partial charge is 0.246 e. The lowest BCUT2D eigenvalue weighted by Crippen LogP contribution is -2.29. The van der Waals surface area contributed by atoms with E-state index in [1.165, 1.54) is 12.3 Å². The Morgan fingerprint density at radius 1 is 1.08 bits per heavy atom. The van der Waals surface area contributed by atoms with Crippen LogP contribution in [0.3, 0.4) is 0 Å². The van der Waals surface area contributed by atoms with Gasteiger partial charge in [-0.25, -0.2) is 8.78 Å². The molecule has 0 saturated carbocycles. The average molecular weight is 344 g/mol. The molecule has 1 aliphatic rings. The molecule has 1 aliphatic heterocycles. The Kier molecular flexibility index (Phi) is 3.21. The minimum absolute atomic E-state index is 0.0266. The number of halogens is 2. The van der Waals surface area contributed by atoms with Crippen LogP contribution in [0.25, 0.3) is 10.9 Å². The summed E-state index contributed by atoms with van der Waals surface area (Å²) in [5, 5.41) is 0.473. The molecule has 0 aliphatic carbocycles. The second-order valence-electron chi connectivity index (χ2n) is 6.12. The molecule has 0 atom stereocenters. The lowest BCUT2D eigenvalue weighted by Gasteiger charge is -2.16. The Balaban J connectivity index is 1.88. The molecule has 0 spiro atoms. The van der Waals surface area contributed by atoms with Crippen molar-refractivity contribution in [3.63, 3.8) is 0 Å². The average Bonchev–Trinajstić information content (AvgIpc) is 2.84. The van der Waals surface area contributed by atoms with Crippen LogP contribution in [0.15, 0.2) is 36.5 Å². The van der Waals surface area contributed by atoms with E-state index >= 15 is 0 Å². The first-order valence-corrected chi connectivity index (χ1v) is 7.56. The van der Waals surface area contributed by atoms with E-state index in [1.807, 2.05) is 0 Å². The van der Waals surface area contributed by atoms with Crippen LogP contribution in [-0.2, 0) is 0 Å². The maximum atomic E-state index is 14.1. The predicted octanol–water partition coefficient (Wildman–Crippen LogP) is 4.39. The van der Waals surface area contributed by atoms with Crippen LogP contribution >= 0.6 is 0 Å². The maximum Gasteiger partial charge on any atom is 0.246 e. The third-order valence-corrected chi connectivity index (χ3v) is 3.72. The monoisotopic (exact) mass is 344 g/mol. The van der Waals surface area contributed by atoms with Crippen LogP contribution in [0.2, 0.25) is 0 Å². The lowest BCUT2D eigenvalue weighted by atomic mass is 10.1. The number of benzene rings is 2. The SMILES string of the molecule is CC1(C)Oc2ccc3nccc(Oc4c(F)cc(N)cc4F)c3c2O1. The number of fused-ring (bicyclic) bond motifs is 3. The molecule has 0 amide bonds. The topological polar surface area (TPSA) is 66.6 Å². The van der Waals surface area contributed by atoms with Gasteiger partial charge in [0.25, 0.3) is 0 Å². The van der Waals surface area contributed by atoms with Gasteiger partial charge < -0.3 is 19.9 Å². The second-order valence-corrected chi connectivity index (χ2v) is 6.12. The van der Waals surface area contributed by atoms with Crippen LogP contribution in [0, 0.1) is 11.6 Å². The summed E-state index contributed by atoms with van der Waals surface area (Å²) in [4.78, 5) is 4.24. The zero-order chi connectivity index (χ0) is 17.8. The second kappa shape index (κ2) is 5.20. The zero-order valence-corrected chi connectivity index (χ0v) is 13.5. The zero-order valence-electron chi connectivity index (χ0n) is 13.5. The largest absolute Gasteiger partial charge is 0.450 e. The highest BCUT2D eigenvalue weighted by atomic mass is 19.1. The Morgan fingerprint density at radius 2 is 1.80 bits per heavy atom. The van der Waals surface area contributed by atoms with Gasteiger partial charge in [0.05, 0.1) is 10.9 Å². The number of aromatic nitrogens is 1. The number of rotatable bonds is 2. The summed E-state index contributed by atoms with van der Waals surface area (Å²) in [5.74, 6) is -2.07. The summed E-state index contributed by atoms with van der Waals surface area (Å²) in [5.41, 5.74) is 5.96. The summed E-state index contributed by atoms with van der Waals surface area (Å²) in [6.45, 7) is 3.52. The van der Waals surface area contributed by atoms with Crippen LogP contribution in [-0.4, -0.2) is 10.8 Å². The Bertz CT molecular complexity index is 982. The number of nitrogens with zero attached hydrogens (tertiary/aromatic N) is 1. The Labute approximate surface area is 141 Å². The Morgan fingerprint density at radius 3 is 2.52 bits per heavy atom. The lowest BCUT2D eigenvalue weighted by molar-refractivity contribution is -0.0426. The number of nitrogens with two attached hydrogens (primary N) is 1. The normalized spacial score (nSPS) is 14.7. The molecule has 7 heteroatoms. The molecule has 4 rings (SSSR count). The van der Waals surface area contributed by atoms with E-state index in [0.717, 1.165) is 12.1 Å². The van der Waals surface area contributed by atoms with Gasteiger partial charge in [-0.15, -0.1) is 0 Å². The molecule has 25 heavy (non-hydrogen) atoms. The fraction of sp³-hybridized carbons (Fsp3) is 0.167. The summed E-state index contributed by atoms with van der Waals surface area (Å²) >= 11 is 0. The molecule has 2 aromatic carbocycles. The Hall–Kier alpha value is -3.09. The third-order valence-electron chi connectivity index (χ3n) is 3.72. The van der Waals surface area contributed by atoms with Crippen molar-refractivity contribution in [1.29, 1.82) is 0 Å². The molecule has 2 heterocycles. The number of ether oxygens (including phenoxy) is 3. The molecule has 0 unspecified atom stereocenters. The molecule has 5 nitrogen and oxygen atoms in total. The maximum absolute atomic E-state index is 14.1. The molecule has 0 saturated heterocycles. The fourth-order valence-corrected chi connectivity index (χ4v) is 2.75. The van der Waals surface area contributed by atoms with E-state index in [1.54, 1.807) is 26.0 Å². The van der Waals surface area contributed by atoms with Crippen molar-refractivity contribution in [1.82, 2.24) is 4.98 Å². The minimum Gasteiger partial charge on any atom is -0.450 e. The number of nitrogen functional groups attached to an aromatic ring is 1. The highest BCUT2D eigenvalue weighted by molar-refractivity contribution is 5.93. The fourth-order valence-electron chi connectivity index (χ4n) is 2.75. The molecule has 1 aromatic heterocycles. The van der Waals surface area contributed by atoms with Crippen molar-refractivity contribution in [2.45, 2.75) is 19.6 Å². The predicted molar refractivity (Wildman–Crippen MR) is 87.9 cm³/mol. The standard InChI is InChI=1S/C18H14F2N2O3/c1-18(2)24-14-4-3-12-15(17(14)25-18)13(5-6-22-12)23-16-10(19)7-9(21)8-11(16)20/h3-8H,21H2,1-2H3. The van der Waals surface area contributed by atoms with E-state index in [0.29, 0.717) is 22.4 Å². The van der Waals surface area contributed by atoms with Gasteiger partial charge in [-0.05, 0) is 18.2 Å². The molecule has 0 fully saturated rings. The third kappa shape index (κ3) is 2.57. The molecule has 0 radical (unpaired) electrons. The van der Waals surface area contributed by atoms with E-state index in [9.17, 15) is 8.78 Å². The van der Waals surface area contributed by atoms with Crippen LogP contribution in [0.4, 0.5) is 14.5 Å². The van der Waals surface area contributed by atoms with Crippen LogP contribution < -0.4 is 19.9 Å².